The lowest BCUT2D eigenvalue weighted by Crippen LogP contribution is -2.08. The standard InChI is InChI=1S/C20H18N4O4/c1-3-14-6-5-7-15(10-14)23-20-16-11-18(24(25)26)19(28-9-8-27-4-2)12-17(16)21-13-22-20/h1,5-7,10-13H,4,8-9H2,2H3,(H,21,22,23). The van der Waals surface area contributed by atoms with Crippen LogP contribution in [0.1, 0.15) is 12.5 Å². The molecule has 142 valence electrons. The normalized spacial score (nSPS) is 10.4. The van der Waals surface area contributed by atoms with Crippen molar-refractivity contribution in [2.75, 3.05) is 25.1 Å². The molecule has 8 nitrogen and oxygen atoms in total. The fourth-order valence-electron chi connectivity index (χ4n) is 2.61. The van der Waals surface area contributed by atoms with E-state index in [2.05, 4.69) is 21.2 Å². The summed E-state index contributed by atoms with van der Waals surface area (Å²) in [6, 6.07) is 10.2. The summed E-state index contributed by atoms with van der Waals surface area (Å²) in [6.07, 6.45) is 6.81. The molecule has 0 atom stereocenters. The van der Waals surface area contributed by atoms with Gasteiger partial charge in [-0.2, -0.15) is 0 Å². The van der Waals surface area contributed by atoms with Crippen molar-refractivity contribution < 1.29 is 14.4 Å². The third-order valence-electron chi connectivity index (χ3n) is 3.89. The zero-order chi connectivity index (χ0) is 19.9. The van der Waals surface area contributed by atoms with E-state index < -0.39 is 4.92 Å². The van der Waals surface area contributed by atoms with E-state index in [0.29, 0.717) is 35.5 Å². The maximum absolute atomic E-state index is 11.5. The highest BCUT2D eigenvalue weighted by atomic mass is 16.6. The average Bonchev–Trinajstić information content (AvgIpc) is 2.71. The van der Waals surface area contributed by atoms with Crippen LogP contribution in [0.3, 0.4) is 0 Å². The van der Waals surface area contributed by atoms with Crippen LogP contribution in [0.2, 0.25) is 0 Å². The number of fused-ring (bicyclic) bond motifs is 1. The van der Waals surface area contributed by atoms with E-state index in [9.17, 15) is 10.1 Å². The Bertz CT molecular complexity index is 1050. The number of nitro groups is 1. The second-order valence-corrected chi connectivity index (χ2v) is 5.71. The lowest BCUT2D eigenvalue weighted by atomic mass is 10.1. The van der Waals surface area contributed by atoms with Crippen LogP contribution in [-0.2, 0) is 4.74 Å². The van der Waals surface area contributed by atoms with E-state index in [4.69, 9.17) is 15.9 Å². The molecule has 0 radical (unpaired) electrons. The molecule has 0 amide bonds. The van der Waals surface area contributed by atoms with Gasteiger partial charge in [0.25, 0.3) is 0 Å². The summed E-state index contributed by atoms with van der Waals surface area (Å²) in [5, 5.41) is 15.2. The summed E-state index contributed by atoms with van der Waals surface area (Å²) in [4.78, 5) is 19.4. The number of rotatable bonds is 8. The van der Waals surface area contributed by atoms with Crippen LogP contribution < -0.4 is 10.1 Å². The third kappa shape index (κ3) is 4.34. The fourth-order valence-corrected chi connectivity index (χ4v) is 2.61. The van der Waals surface area contributed by atoms with Gasteiger partial charge in [-0.15, -0.1) is 6.42 Å². The minimum absolute atomic E-state index is 0.135. The molecule has 0 unspecified atom stereocenters. The van der Waals surface area contributed by atoms with Gasteiger partial charge in [0.2, 0.25) is 0 Å². The van der Waals surface area contributed by atoms with Crippen LogP contribution in [0.4, 0.5) is 17.2 Å². The van der Waals surface area contributed by atoms with Crippen molar-refractivity contribution in [2.24, 2.45) is 0 Å². The molecule has 28 heavy (non-hydrogen) atoms. The molecule has 0 fully saturated rings. The molecule has 0 saturated carbocycles. The van der Waals surface area contributed by atoms with E-state index in [0.717, 1.165) is 5.69 Å². The Balaban J connectivity index is 1.97. The minimum atomic E-state index is -0.495. The van der Waals surface area contributed by atoms with E-state index in [-0.39, 0.29) is 18.0 Å². The number of nitrogens with zero attached hydrogens (tertiary/aromatic N) is 3. The first-order valence-electron chi connectivity index (χ1n) is 8.59. The van der Waals surface area contributed by atoms with Crippen LogP contribution in [0.25, 0.3) is 10.9 Å². The molecule has 3 aromatic rings. The largest absolute Gasteiger partial charge is 0.484 e. The van der Waals surface area contributed by atoms with Crippen molar-refractivity contribution in [3.8, 4) is 18.1 Å². The topological polar surface area (TPSA) is 99.4 Å². The average molecular weight is 378 g/mol. The number of ether oxygens (including phenoxy) is 2. The number of nitrogens with one attached hydrogen (secondary N) is 1. The summed E-state index contributed by atoms with van der Waals surface area (Å²) in [5.74, 6) is 3.13. The summed E-state index contributed by atoms with van der Waals surface area (Å²) in [6.45, 7) is 2.96. The van der Waals surface area contributed by atoms with Crippen molar-refractivity contribution in [3.63, 3.8) is 0 Å². The van der Waals surface area contributed by atoms with Crippen LogP contribution in [0.15, 0.2) is 42.7 Å². The van der Waals surface area contributed by atoms with Crippen molar-refractivity contribution in [2.45, 2.75) is 6.92 Å². The molecule has 1 N–H and O–H groups in total. The molecule has 2 aromatic carbocycles. The molecular formula is C20H18N4O4. The highest BCUT2D eigenvalue weighted by Gasteiger charge is 2.19. The van der Waals surface area contributed by atoms with Crippen molar-refractivity contribution in [1.29, 1.82) is 0 Å². The van der Waals surface area contributed by atoms with Gasteiger partial charge < -0.3 is 14.8 Å². The first-order chi connectivity index (χ1) is 13.6. The van der Waals surface area contributed by atoms with Crippen LogP contribution in [0, 0.1) is 22.5 Å². The van der Waals surface area contributed by atoms with Crippen LogP contribution in [0.5, 0.6) is 5.75 Å². The van der Waals surface area contributed by atoms with Gasteiger partial charge in [-0.3, -0.25) is 10.1 Å². The molecule has 0 aliphatic heterocycles. The lowest BCUT2D eigenvalue weighted by Gasteiger charge is -2.11. The van der Waals surface area contributed by atoms with E-state index in [1.54, 1.807) is 12.1 Å². The predicted molar refractivity (Wildman–Crippen MR) is 106 cm³/mol. The Morgan fingerprint density at radius 1 is 1.25 bits per heavy atom. The number of benzene rings is 2. The molecule has 0 saturated heterocycles. The summed E-state index contributed by atoms with van der Waals surface area (Å²) >= 11 is 0. The van der Waals surface area contributed by atoms with E-state index in [1.165, 1.54) is 18.5 Å². The van der Waals surface area contributed by atoms with Gasteiger partial charge in [-0.1, -0.05) is 12.0 Å². The first kappa shape index (κ1) is 19.1. The first-order valence-corrected chi connectivity index (χ1v) is 8.59. The van der Waals surface area contributed by atoms with Crippen molar-refractivity contribution in [3.05, 3.63) is 58.4 Å². The molecule has 1 aromatic heterocycles. The predicted octanol–water partition coefficient (Wildman–Crippen LogP) is 3.68. The fraction of sp³-hybridized carbons (Fsp3) is 0.200. The maximum atomic E-state index is 11.5. The van der Waals surface area contributed by atoms with Gasteiger partial charge in [-0.05, 0) is 25.1 Å². The molecule has 1 heterocycles. The van der Waals surface area contributed by atoms with Crippen LogP contribution in [-0.4, -0.2) is 34.7 Å². The molecular weight excluding hydrogens is 360 g/mol. The Kier molecular flexibility index (Phi) is 5.99. The number of terminal acetylenes is 1. The Labute approximate surface area is 161 Å². The molecule has 3 rings (SSSR count). The van der Waals surface area contributed by atoms with Gasteiger partial charge in [0.15, 0.2) is 5.75 Å². The molecule has 0 aliphatic carbocycles. The van der Waals surface area contributed by atoms with Gasteiger partial charge >= 0.3 is 5.69 Å². The number of hydrogen-bond donors (Lipinski definition) is 1. The third-order valence-corrected chi connectivity index (χ3v) is 3.89. The zero-order valence-electron chi connectivity index (χ0n) is 15.2. The SMILES string of the molecule is C#Cc1cccc(Nc2ncnc3cc(OCCOCC)c([N+](=O)[O-])cc23)c1. The monoisotopic (exact) mass is 378 g/mol. The number of nitro benzene ring substituents is 1. The highest BCUT2D eigenvalue weighted by molar-refractivity contribution is 5.93. The number of hydrogen-bond acceptors (Lipinski definition) is 7. The molecule has 0 bridgehead atoms. The van der Waals surface area contributed by atoms with E-state index >= 15 is 0 Å². The number of anilines is 2. The zero-order valence-corrected chi connectivity index (χ0v) is 15.2. The Morgan fingerprint density at radius 2 is 2.11 bits per heavy atom. The maximum Gasteiger partial charge on any atom is 0.311 e. The van der Waals surface area contributed by atoms with Crippen molar-refractivity contribution >= 4 is 28.1 Å². The minimum Gasteiger partial charge on any atom is -0.484 e. The number of aromatic nitrogens is 2. The molecule has 8 heteroatoms. The summed E-state index contributed by atoms with van der Waals surface area (Å²) in [5.41, 5.74) is 1.77. The van der Waals surface area contributed by atoms with Gasteiger partial charge in [0.05, 0.1) is 22.4 Å². The quantitative estimate of drug-likeness (QED) is 0.276. The van der Waals surface area contributed by atoms with E-state index in [1.807, 2.05) is 19.1 Å². The molecule has 0 spiro atoms. The second kappa shape index (κ2) is 8.79. The smallest absolute Gasteiger partial charge is 0.311 e. The summed E-state index contributed by atoms with van der Waals surface area (Å²) in [7, 11) is 0. The van der Waals surface area contributed by atoms with Crippen LogP contribution >= 0.6 is 0 Å². The van der Waals surface area contributed by atoms with Gasteiger partial charge in [0, 0.05) is 30.0 Å². The molecule has 0 aliphatic rings. The Hall–Kier alpha value is -3.70. The second-order valence-electron chi connectivity index (χ2n) is 5.71. The summed E-state index contributed by atoms with van der Waals surface area (Å²) < 4.78 is 10.7. The Morgan fingerprint density at radius 3 is 2.86 bits per heavy atom. The van der Waals surface area contributed by atoms with Gasteiger partial charge in [-0.25, -0.2) is 9.97 Å². The highest BCUT2D eigenvalue weighted by Crippen LogP contribution is 2.34. The van der Waals surface area contributed by atoms with Gasteiger partial charge in [0.1, 0.15) is 18.8 Å². The lowest BCUT2D eigenvalue weighted by molar-refractivity contribution is -0.385. The van der Waals surface area contributed by atoms with Crippen molar-refractivity contribution in [1.82, 2.24) is 9.97 Å².